The lowest BCUT2D eigenvalue weighted by Gasteiger charge is -2.18. The third-order valence-electron chi connectivity index (χ3n) is 4.81. The number of hydrogen-bond acceptors (Lipinski definition) is 8. The maximum atomic E-state index is 11.3. The van der Waals surface area contributed by atoms with E-state index >= 15 is 0 Å². The standard InChI is InChI=1S/C23H27N5O4/c1-4-15(10-22(29)30)16-7-8-18(20-13-25-21(14-24-20)31-5-2)19(9-16)28-17-11-26-23(27-12-17)32-6-3/h7-9,11-15,28H,4-6,10H2,1-3H3,(H,29,30)/t15-/m1/s1. The number of carboxylic acid groups (broad SMARTS) is 1. The molecule has 2 N–H and O–H groups in total. The van der Waals surface area contributed by atoms with E-state index in [2.05, 4.69) is 25.3 Å². The van der Waals surface area contributed by atoms with Gasteiger partial charge >= 0.3 is 12.0 Å². The zero-order chi connectivity index (χ0) is 22.9. The number of benzene rings is 1. The van der Waals surface area contributed by atoms with Crippen molar-refractivity contribution in [2.24, 2.45) is 0 Å². The van der Waals surface area contributed by atoms with E-state index in [0.29, 0.717) is 42.9 Å². The monoisotopic (exact) mass is 437 g/mol. The minimum absolute atomic E-state index is 0.0598. The molecule has 9 heteroatoms. The Balaban J connectivity index is 1.98. The first-order valence-corrected chi connectivity index (χ1v) is 10.6. The van der Waals surface area contributed by atoms with Crippen LogP contribution in [0, 0.1) is 0 Å². The SMILES string of the molecule is CCOc1cnc(-c2ccc([C@H](CC)CC(=O)O)cc2Nc2cnc(OCC)nc2)cn1. The van der Waals surface area contributed by atoms with Crippen molar-refractivity contribution in [1.29, 1.82) is 0 Å². The number of anilines is 2. The second-order valence-corrected chi connectivity index (χ2v) is 6.99. The van der Waals surface area contributed by atoms with Gasteiger partial charge in [0.2, 0.25) is 5.88 Å². The van der Waals surface area contributed by atoms with Gasteiger partial charge in [0.05, 0.1) is 55.8 Å². The highest BCUT2D eigenvalue weighted by atomic mass is 16.5. The molecule has 0 saturated carbocycles. The summed E-state index contributed by atoms with van der Waals surface area (Å²) in [6.07, 6.45) is 7.26. The smallest absolute Gasteiger partial charge is 0.316 e. The van der Waals surface area contributed by atoms with Crippen LogP contribution < -0.4 is 14.8 Å². The van der Waals surface area contributed by atoms with Crippen molar-refractivity contribution in [2.45, 2.75) is 39.5 Å². The van der Waals surface area contributed by atoms with Crippen molar-refractivity contribution in [2.75, 3.05) is 18.5 Å². The number of aliphatic carboxylic acids is 1. The molecule has 3 aromatic rings. The van der Waals surface area contributed by atoms with Crippen molar-refractivity contribution in [3.05, 3.63) is 48.5 Å². The lowest BCUT2D eigenvalue weighted by molar-refractivity contribution is -0.137. The summed E-state index contributed by atoms with van der Waals surface area (Å²) in [7, 11) is 0. The lowest BCUT2D eigenvalue weighted by Crippen LogP contribution is -2.07. The van der Waals surface area contributed by atoms with Gasteiger partial charge in [-0.05, 0) is 37.8 Å². The number of nitrogens with one attached hydrogen (secondary N) is 1. The molecule has 1 atom stereocenters. The number of carboxylic acids is 1. The Bertz CT molecular complexity index is 1030. The summed E-state index contributed by atoms with van der Waals surface area (Å²) in [5, 5.41) is 12.6. The number of hydrogen-bond donors (Lipinski definition) is 2. The van der Waals surface area contributed by atoms with Crippen molar-refractivity contribution in [3.8, 4) is 23.1 Å². The number of aromatic nitrogens is 4. The number of rotatable bonds is 11. The van der Waals surface area contributed by atoms with E-state index in [1.54, 1.807) is 24.8 Å². The zero-order valence-corrected chi connectivity index (χ0v) is 18.4. The summed E-state index contributed by atoms with van der Waals surface area (Å²) in [5.74, 6) is -0.479. The molecule has 168 valence electrons. The Kier molecular flexibility index (Phi) is 7.91. The first-order chi connectivity index (χ1) is 15.5. The Labute approximate surface area is 186 Å². The molecule has 0 radical (unpaired) electrons. The molecule has 32 heavy (non-hydrogen) atoms. The average molecular weight is 438 g/mol. The van der Waals surface area contributed by atoms with E-state index in [4.69, 9.17) is 9.47 Å². The van der Waals surface area contributed by atoms with Crippen LogP contribution in [0.4, 0.5) is 11.4 Å². The summed E-state index contributed by atoms with van der Waals surface area (Å²) >= 11 is 0. The molecule has 1 aromatic carbocycles. The average Bonchev–Trinajstić information content (AvgIpc) is 2.80. The Hall–Kier alpha value is -3.75. The molecule has 3 rings (SSSR count). The molecule has 0 fully saturated rings. The van der Waals surface area contributed by atoms with Crippen LogP contribution in [0.5, 0.6) is 11.9 Å². The van der Waals surface area contributed by atoms with E-state index in [1.807, 2.05) is 39.0 Å². The third-order valence-corrected chi connectivity index (χ3v) is 4.81. The van der Waals surface area contributed by atoms with Crippen LogP contribution in [0.25, 0.3) is 11.3 Å². The number of ether oxygens (including phenoxy) is 2. The zero-order valence-electron chi connectivity index (χ0n) is 18.4. The summed E-state index contributed by atoms with van der Waals surface area (Å²) < 4.78 is 10.7. The summed E-state index contributed by atoms with van der Waals surface area (Å²) in [5.41, 5.74) is 3.80. The van der Waals surface area contributed by atoms with Crippen molar-refractivity contribution < 1.29 is 19.4 Å². The first kappa shape index (κ1) is 22.9. The van der Waals surface area contributed by atoms with Crippen molar-refractivity contribution in [3.63, 3.8) is 0 Å². The Morgan fingerprint density at radius 2 is 1.75 bits per heavy atom. The maximum Gasteiger partial charge on any atom is 0.316 e. The molecule has 0 spiro atoms. The van der Waals surface area contributed by atoms with Gasteiger partial charge in [-0.15, -0.1) is 0 Å². The van der Waals surface area contributed by atoms with Crippen LogP contribution >= 0.6 is 0 Å². The van der Waals surface area contributed by atoms with E-state index in [9.17, 15) is 9.90 Å². The van der Waals surface area contributed by atoms with Gasteiger partial charge in [0.25, 0.3) is 0 Å². The number of carbonyl (C=O) groups is 1. The second-order valence-electron chi connectivity index (χ2n) is 6.99. The normalized spacial score (nSPS) is 11.6. The van der Waals surface area contributed by atoms with Crippen LogP contribution in [0.3, 0.4) is 0 Å². The molecule has 0 bridgehead atoms. The maximum absolute atomic E-state index is 11.3. The Morgan fingerprint density at radius 3 is 2.34 bits per heavy atom. The summed E-state index contributed by atoms with van der Waals surface area (Å²) in [6, 6.07) is 6.10. The van der Waals surface area contributed by atoms with Gasteiger partial charge in [-0.1, -0.05) is 19.1 Å². The van der Waals surface area contributed by atoms with E-state index in [0.717, 1.165) is 16.8 Å². The second kappa shape index (κ2) is 11.0. The van der Waals surface area contributed by atoms with Crippen LogP contribution in [-0.4, -0.2) is 44.2 Å². The fourth-order valence-corrected chi connectivity index (χ4v) is 3.27. The van der Waals surface area contributed by atoms with E-state index in [-0.39, 0.29) is 12.3 Å². The van der Waals surface area contributed by atoms with Crippen molar-refractivity contribution in [1.82, 2.24) is 19.9 Å². The van der Waals surface area contributed by atoms with E-state index < -0.39 is 5.97 Å². The summed E-state index contributed by atoms with van der Waals surface area (Å²) in [6.45, 7) is 6.72. The van der Waals surface area contributed by atoms with Gasteiger partial charge < -0.3 is 19.9 Å². The molecule has 0 amide bonds. The van der Waals surface area contributed by atoms with Crippen LogP contribution in [-0.2, 0) is 4.79 Å². The molecule has 0 saturated heterocycles. The molecule has 0 aliphatic carbocycles. The minimum Gasteiger partial charge on any atom is -0.481 e. The van der Waals surface area contributed by atoms with Crippen LogP contribution in [0.2, 0.25) is 0 Å². The van der Waals surface area contributed by atoms with Crippen LogP contribution in [0.1, 0.15) is 45.1 Å². The topological polar surface area (TPSA) is 119 Å². The van der Waals surface area contributed by atoms with Crippen LogP contribution in [0.15, 0.2) is 43.0 Å². The minimum atomic E-state index is -0.826. The van der Waals surface area contributed by atoms with Gasteiger partial charge in [0, 0.05) is 11.3 Å². The van der Waals surface area contributed by atoms with Gasteiger partial charge in [-0.25, -0.2) is 19.9 Å². The van der Waals surface area contributed by atoms with Gasteiger partial charge in [-0.3, -0.25) is 4.79 Å². The van der Waals surface area contributed by atoms with Gasteiger partial charge in [0.1, 0.15) is 0 Å². The molecule has 2 heterocycles. The fraction of sp³-hybridized carbons (Fsp3) is 0.348. The highest BCUT2D eigenvalue weighted by Gasteiger charge is 2.17. The molecule has 2 aromatic heterocycles. The highest BCUT2D eigenvalue weighted by Crippen LogP contribution is 2.34. The quantitative estimate of drug-likeness (QED) is 0.448. The van der Waals surface area contributed by atoms with Gasteiger partial charge in [0.15, 0.2) is 0 Å². The molecule has 0 unspecified atom stereocenters. The molecule has 0 aliphatic heterocycles. The largest absolute Gasteiger partial charge is 0.481 e. The first-order valence-electron chi connectivity index (χ1n) is 10.6. The Morgan fingerprint density at radius 1 is 1.00 bits per heavy atom. The fourth-order valence-electron chi connectivity index (χ4n) is 3.27. The van der Waals surface area contributed by atoms with E-state index in [1.165, 1.54) is 0 Å². The molecular weight excluding hydrogens is 410 g/mol. The predicted octanol–water partition coefficient (Wildman–Crippen LogP) is 4.44. The predicted molar refractivity (Wildman–Crippen MR) is 120 cm³/mol. The number of nitrogens with zero attached hydrogens (tertiary/aromatic N) is 4. The summed E-state index contributed by atoms with van der Waals surface area (Å²) in [4.78, 5) is 28.5. The lowest BCUT2D eigenvalue weighted by atomic mass is 9.91. The molecular formula is C23H27N5O4. The molecule has 9 nitrogen and oxygen atoms in total. The van der Waals surface area contributed by atoms with Gasteiger partial charge in [-0.2, -0.15) is 0 Å². The third kappa shape index (κ3) is 5.90. The van der Waals surface area contributed by atoms with Crippen molar-refractivity contribution >= 4 is 17.3 Å². The highest BCUT2D eigenvalue weighted by molar-refractivity contribution is 5.79. The molecule has 0 aliphatic rings.